The van der Waals surface area contributed by atoms with Gasteiger partial charge in [0.25, 0.3) is 5.69 Å². The van der Waals surface area contributed by atoms with E-state index in [0.717, 1.165) is 40.2 Å². The number of hydrogen-bond donors (Lipinski definition) is 1. The number of anilines is 1. The van der Waals surface area contributed by atoms with Crippen LogP contribution in [0.15, 0.2) is 47.5 Å². The number of pyridine rings is 1. The molecule has 1 heterocycles. The van der Waals surface area contributed by atoms with E-state index in [1.165, 1.54) is 11.8 Å². The van der Waals surface area contributed by atoms with Crippen LogP contribution < -0.4 is 5.32 Å². The maximum atomic E-state index is 13.8. The second-order valence-electron chi connectivity index (χ2n) is 6.01. The molecule has 0 aliphatic heterocycles. The van der Waals surface area contributed by atoms with Gasteiger partial charge in [0.15, 0.2) is 0 Å². The summed E-state index contributed by atoms with van der Waals surface area (Å²) in [4.78, 5) is 26.9. The molecule has 0 aliphatic carbocycles. The smallest absolute Gasteiger partial charge is 0.271 e. The van der Waals surface area contributed by atoms with Gasteiger partial charge in [0, 0.05) is 17.5 Å². The number of aryl methyl sites for hydroxylation is 2. The van der Waals surface area contributed by atoms with Crippen LogP contribution in [-0.4, -0.2) is 21.6 Å². The van der Waals surface area contributed by atoms with E-state index < -0.39 is 16.6 Å². The number of thioether (sulfide) groups is 1. The Labute approximate surface area is 159 Å². The van der Waals surface area contributed by atoms with Gasteiger partial charge in [0.05, 0.1) is 26.9 Å². The lowest BCUT2D eigenvalue weighted by Crippen LogP contribution is -2.15. The maximum Gasteiger partial charge on any atom is 0.271 e. The normalized spacial score (nSPS) is 10.8. The fourth-order valence-corrected chi connectivity index (χ4v) is 3.42. The lowest BCUT2D eigenvalue weighted by molar-refractivity contribution is -0.384. The SMILES string of the molecule is Cc1cc(SCC(=O)Nc2cc([N+](=O)[O-])ccc2F)nc2c(C)cccc12. The van der Waals surface area contributed by atoms with Gasteiger partial charge in [-0.15, -0.1) is 0 Å². The summed E-state index contributed by atoms with van der Waals surface area (Å²) in [5.74, 6) is -1.19. The van der Waals surface area contributed by atoms with Gasteiger partial charge in [-0.3, -0.25) is 14.9 Å². The molecule has 6 nitrogen and oxygen atoms in total. The van der Waals surface area contributed by atoms with Crippen LogP contribution in [0.4, 0.5) is 15.8 Å². The number of fused-ring (bicyclic) bond motifs is 1. The zero-order valence-electron chi connectivity index (χ0n) is 14.7. The average Bonchev–Trinajstić information content (AvgIpc) is 2.62. The third-order valence-electron chi connectivity index (χ3n) is 4.01. The highest BCUT2D eigenvalue weighted by atomic mass is 32.2. The summed E-state index contributed by atoms with van der Waals surface area (Å²) >= 11 is 1.22. The predicted octanol–water partition coefficient (Wildman–Crippen LogP) is 4.63. The highest BCUT2D eigenvalue weighted by molar-refractivity contribution is 7.99. The number of halogens is 1. The van der Waals surface area contributed by atoms with Crippen molar-refractivity contribution in [3.8, 4) is 0 Å². The summed E-state index contributed by atoms with van der Waals surface area (Å²) in [6, 6.07) is 10.8. The van der Waals surface area contributed by atoms with E-state index in [0.29, 0.717) is 5.03 Å². The van der Waals surface area contributed by atoms with Crippen LogP contribution in [0, 0.1) is 29.8 Å². The lowest BCUT2D eigenvalue weighted by atomic mass is 10.1. The Kier molecular flexibility index (Phi) is 5.36. The van der Waals surface area contributed by atoms with Gasteiger partial charge in [0.1, 0.15) is 5.82 Å². The number of non-ortho nitro benzene ring substituents is 1. The summed E-state index contributed by atoms with van der Waals surface area (Å²) in [5.41, 5.74) is 2.47. The number of nitrogens with one attached hydrogen (secondary N) is 1. The molecule has 0 unspecified atom stereocenters. The Morgan fingerprint density at radius 3 is 2.74 bits per heavy atom. The summed E-state index contributed by atoms with van der Waals surface area (Å²) in [7, 11) is 0. The molecule has 0 aliphatic rings. The van der Waals surface area contributed by atoms with Crippen LogP contribution in [0.1, 0.15) is 11.1 Å². The standard InChI is InChI=1S/C19H16FN3O3S/c1-11-4-3-5-14-12(2)8-18(22-19(11)14)27-10-17(24)21-16-9-13(23(25)26)6-7-15(16)20/h3-9H,10H2,1-2H3,(H,21,24). The molecule has 0 radical (unpaired) electrons. The molecule has 1 amide bonds. The van der Waals surface area contributed by atoms with Gasteiger partial charge >= 0.3 is 0 Å². The summed E-state index contributed by atoms with van der Waals surface area (Å²) < 4.78 is 13.8. The van der Waals surface area contributed by atoms with Gasteiger partial charge in [0.2, 0.25) is 5.91 Å². The quantitative estimate of drug-likeness (QED) is 0.393. The average molecular weight is 385 g/mol. The molecule has 0 spiro atoms. The Balaban J connectivity index is 1.73. The molecule has 3 rings (SSSR count). The van der Waals surface area contributed by atoms with Crippen LogP contribution in [0.25, 0.3) is 10.9 Å². The van der Waals surface area contributed by atoms with E-state index in [9.17, 15) is 19.3 Å². The largest absolute Gasteiger partial charge is 0.323 e. The molecule has 0 saturated heterocycles. The van der Waals surface area contributed by atoms with E-state index in [-0.39, 0.29) is 17.1 Å². The molecule has 0 fully saturated rings. The van der Waals surface area contributed by atoms with Gasteiger partial charge in [-0.05, 0) is 37.1 Å². The van der Waals surface area contributed by atoms with Gasteiger partial charge < -0.3 is 5.32 Å². The highest BCUT2D eigenvalue weighted by Gasteiger charge is 2.14. The minimum absolute atomic E-state index is 0.00591. The first-order chi connectivity index (χ1) is 12.8. The molecule has 3 aromatic rings. The van der Waals surface area contributed by atoms with Crippen molar-refractivity contribution in [3.05, 3.63) is 69.5 Å². The molecule has 8 heteroatoms. The first-order valence-corrected chi connectivity index (χ1v) is 9.07. The Morgan fingerprint density at radius 2 is 2.00 bits per heavy atom. The number of hydrogen-bond acceptors (Lipinski definition) is 5. The molecular formula is C19H16FN3O3S. The van der Waals surface area contributed by atoms with Crippen molar-refractivity contribution in [2.75, 3.05) is 11.1 Å². The van der Waals surface area contributed by atoms with Gasteiger partial charge in [-0.25, -0.2) is 9.37 Å². The van der Waals surface area contributed by atoms with Crippen molar-refractivity contribution >= 4 is 39.9 Å². The molecule has 27 heavy (non-hydrogen) atoms. The van der Waals surface area contributed by atoms with Crippen LogP contribution >= 0.6 is 11.8 Å². The number of nitro groups is 1. The Bertz CT molecular complexity index is 1060. The van der Waals surface area contributed by atoms with Crippen molar-refractivity contribution in [3.63, 3.8) is 0 Å². The number of benzene rings is 2. The monoisotopic (exact) mass is 385 g/mol. The lowest BCUT2D eigenvalue weighted by Gasteiger charge is -2.09. The van der Waals surface area contributed by atoms with Crippen molar-refractivity contribution in [1.29, 1.82) is 0 Å². The van der Waals surface area contributed by atoms with Crippen LogP contribution in [0.3, 0.4) is 0 Å². The highest BCUT2D eigenvalue weighted by Crippen LogP contribution is 2.26. The topological polar surface area (TPSA) is 85.1 Å². The third kappa shape index (κ3) is 4.22. The molecule has 2 aromatic carbocycles. The zero-order valence-corrected chi connectivity index (χ0v) is 15.5. The van der Waals surface area contributed by atoms with E-state index in [1.54, 1.807) is 0 Å². The molecule has 138 valence electrons. The fourth-order valence-electron chi connectivity index (χ4n) is 2.65. The van der Waals surface area contributed by atoms with Crippen LogP contribution in [-0.2, 0) is 4.79 Å². The second kappa shape index (κ2) is 7.71. The zero-order chi connectivity index (χ0) is 19.6. The van der Waals surface area contributed by atoms with Crippen LogP contribution in [0.2, 0.25) is 0 Å². The number of carbonyl (C=O) groups excluding carboxylic acids is 1. The van der Waals surface area contributed by atoms with Gasteiger partial charge in [-0.2, -0.15) is 0 Å². The van der Waals surface area contributed by atoms with Gasteiger partial charge in [-0.1, -0.05) is 30.0 Å². The van der Waals surface area contributed by atoms with E-state index in [4.69, 9.17) is 0 Å². The number of nitrogens with zero attached hydrogens (tertiary/aromatic N) is 2. The van der Waals surface area contributed by atoms with Crippen molar-refractivity contribution < 1.29 is 14.1 Å². The predicted molar refractivity (Wildman–Crippen MR) is 104 cm³/mol. The molecule has 0 atom stereocenters. The fraction of sp³-hybridized carbons (Fsp3) is 0.158. The molecular weight excluding hydrogens is 369 g/mol. The van der Waals surface area contributed by atoms with E-state index >= 15 is 0 Å². The molecule has 0 saturated carbocycles. The summed E-state index contributed by atoms with van der Waals surface area (Å²) in [6.45, 7) is 3.95. The third-order valence-corrected chi connectivity index (χ3v) is 4.92. The molecule has 1 aromatic heterocycles. The number of aromatic nitrogens is 1. The second-order valence-corrected chi connectivity index (χ2v) is 7.00. The first-order valence-electron chi connectivity index (χ1n) is 8.08. The first kappa shape index (κ1) is 18.8. The van der Waals surface area contributed by atoms with Crippen molar-refractivity contribution in [1.82, 2.24) is 4.98 Å². The number of amides is 1. The Hall–Kier alpha value is -3.00. The molecule has 1 N–H and O–H groups in total. The number of para-hydroxylation sites is 1. The Morgan fingerprint density at radius 1 is 1.22 bits per heavy atom. The van der Waals surface area contributed by atoms with Crippen molar-refractivity contribution in [2.45, 2.75) is 18.9 Å². The minimum Gasteiger partial charge on any atom is -0.323 e. The van der Waals surface area contributed by atoms with E-state index in [2.05, 4.69) is 10.3 Å². The summed E-state index contributed by atoms with van der Waals surface area (Å²) in [6.07, 6.45) is 0. The number of rotatable bonds is 5. The number of nitro benzene ring substituents is 1. The number of carbonyl (C=O) groups is 1. The minimum atomic E-state index is -0.728. The maximum absolute atomic E-state index is 13.8. The molecule has 0 bridgehead atoms. The van der Waals surface area contributed by atoms with E-state index in [1.807, 2.05) is 38.1 Å². The summed E-state index contributed by atoms with van der Waals surface area (Å²) in [5, 5.41) is 14.9. The van der Waals surface area contributed by atoms with Crippen molar-refractivity contribution in [2.24, 2.45) is 0 Å². The van der Waals surface area contributed by atoms with Crippen LogP contribution in [0.5, 0.6) is 0 Å².